The molecule has 5 heteroatoms. The second kappa shape index (κ2) is 5.87. The molecule has 0 bridgehead atoms. The van der Waals surface area contributed by atoms with Crippen molar-refractivity contribution in [3.63, 3.8) is 0 Å². The number of carbonyl (C=O) groups excluding carboxylic acids is 1. The van der Waals surface area contributed by atoms with Gasteiger partial charge in [0.1, 0.15) is 11.5 Å². The molecule has 0 atom stereocenters. The van der Waals surface area contributed by atoms with E-state index >= 15 is 0 Å². The number of hydrogen-bond acceptors (Lipinski definition) is 3. The van der Waals surface area contributed by atoms with Gasteiger partial charge in [0.2, 0.25) is 0 Å². The second-order valence-corrected chi connectivity index (χ2v) is 4.42. The van der Waals surface area contributed by atoms with Gasteiger partial charge in [0.05, 0.1) is 0 Å². The van der Waals surface area contributed by atoms with Crippen molar-refractivity contribution in [1.82, 2.24) is 9.88 Å². The fourth-order valence-corrected chi connectivity index (χ4v) is 1.94. The molecule has 0 spiro atoms. The molecule has 0 aromatic carbocycles. The SMILES string of the molecule is CC1CCN(C(=O)c2cccc(N)n2)CC1.Cl. The Morgan fingerprint density at radius 2 is 2.06 bits per heavy atom. The van der Waals surface area contributed by atoms with Crippen LogP contribution < -0.4 is 5.73 Å². The van der Waals surface area contributed by atoms with Crippen molar-refractivity contribution in [1.29, 1.82) is 0 Å². The molecule has 1 aromatic rings. The molecule has 1 aliphatic heterocycles. The van der Waals surface area contributed by atoms with Gasteiger partial charge in [-0.3, -0.25) is 4.79 Å². The van der Waals surface area contributed by atoms with Gasteiger partial charge in [-0.05, 0) is 30.9 Å². The van der Waals surface area contributed by atoms with E-state index in [1.807, 2.05) is 4.90 Å². The Labute approximate surface area is 108 Å². The van der Waals surface area contributed by atoms with Crippen LogP contribution in [-0.2, 0) is 0 Å². The number of pyridine rings is 1. The average molecular weight is 256 g/mol. The summed E-state index contributed by atoms with van der Waals surface area (Å²) in [6, 6.07) is 5.17. The summed E-state index contributed by atoms with van der Waals surface area (Å²) < 4.78 is 0. The third-order valence-corrected chi connectivity index (χ3v) is 3.06. The molecule has 1 amide bonds. The first kappa shape index (κ1) is 13.8. The zero-order valence-corrected chi connectivity index (χ0v) is 10.7. The lowest BCUT2D eigenvalue weighted by Crippen LogP contribution is -2.38. The molecule has 17 heavy (non-hydrogen) atoms. The molecule has 1 aliphatic rings. The smallest absolute Gasteiger partial charge is 0.272 e. The van der Waals surface area contributed by atoms with E-state index in [0.29, 0.717) is 11.5 Å². The van der Waals surface area contributed by atoms with Gasteiger partial charge in [0, 0.05) is 13.1 Å². The summed E-state index contributed by atoms with van der Waals surface area (Å²) in [5.41, 5.74) is 6.02. The maximum atomic E-state index is 12.1. The zero-order chi connectivity index (χ0) is 11.5. The van der Waals surface area contributed by atoms with Gasteiger partial charge in [-0.25, -0.2) is 4.98 Å². The van der Waals surface area contributed by atoms with Crippen molar-refractivity contribution < 1.29 is 4.79 Å². The van der Waals surface area contributed by atoms with Crippen LogP contribution >= 0.6 is 12.4 Å². The minimum absolute atomic E-state index is 0. The average Bonchev–Trinajstić information content (AvgIpc) is 2.29. The molecule has 2 N–H and O–H groups in total. The number of nitrogens with zero attached hydrogens (tertiary/aromatic N) is 2. The molecular weight excluding hydrogens is 238 g/mol. The van der Waals surface area contributed by atoms with Gasteiger partial charge in [-0.1, -0.05) is 13.0 Å². The highest BCUT2D eigenvalue weighted by atomic mass is 35.5. The highest BCUT2D eigenvalue weighted by Crippen LogP contribution is 2.17. The van der Waals surface area contributed by atoms with Gasteiger partial charge in [0.25, 0.3) is 5.91 Å². The van der Waals surface area contributed by atoms with Crippen LogP contribution in [0.2, 0.25) is 0 Å². The maximum absolute atomic E-state index is 12.1. The van der Waals surface area contributed by atoms with E-state index in [1.165, 1.54) is 0 Å². The fourth-order valence-electron chi connectivity index (χ4n) is 1.94. The van der Waals surface area contributed by atoms with Crippen LogP contribution in [0, 0.1) is 5.92 Å². The summed E-state index contributed by atoms with van der Waals surface area (Å²) in [5, 5.41) is 0. The van der Waals surface area contributed by atoms with Crippen LogP contribution in [0.5, 0.6) is 0 Å². The normalized spacial score (nSPS) is 16.4. The highest BCUT2D eigenvalue weighted by molar-refractivity contribution is 5.92. The largest absolute Gasteiger partial charge is 0.384 e. The molecule has 1 fully saturated rings. The van der Waals surface area contributed by atoms with E-state index in [1.54, 1.807) is 18.2 Å². The number of piperidine rings is 1. The summed E-state index contributed by atoms with van der Waals surface area (Å²) in [6.45, 7) is 3.88. The monoisotopic (exact) mass is 255 g/mol. The van der Waals surface area contributed by atoms with E-state index < -0.39 is 0 Å². The zero-order valence-electron chi connectivity index (χ0n) is 9.93. The predicted molar refractivity (Wildman–Crippen MR) is 70.2 cm³/mol. The van der Waals surface area contributed by atoms with E-state index in [9.17, 15) is 4.79 Å². The lowest BCUT2D eigenvalue weighted by atomic mass is 9.99. The van der Waals surface area contributed by atoms with Gasteiger partial charge in [-0.2, -0.15) is 0 Å². The number of carbonyl (C=O) groups is 1. The molecule has 0 radical (unpaired) electrons. The van der Waals surface area contributed by atoms with Crippen molar-refractivity contribution in [3.8, 4) is 0 Å². The number of rotatable bonds is 1. The fraction of sp³-hybridized carbons (Fsp3) is 0.500. The number of nitrogens with two attached hydrogens (primary N) is 1. The first-order chi connectivity index (χ1) is 7.66. The van der Waals surface area contributed by atoms with E-state index in [0.717, 1.165) is 31.8 Å². The third kappa shape index (κ3) is 3.33. The Morgan fingerprint density at radius 3 is 2.65 bits per heavy atom. The molecule has 1 aromatic heterocycles. The molecule has 94 valence electrons. The summed E-state index contributed by atoms with van der Waals surface area (Å²) in [4.78, 5) is 18.0. The van der Waals surface area contributed by atoms with Crippen LogP contribution in [0.15, 0.2) is 18.2 Å². The van der Waals surface area contributed by atoms with Crippen LogP contribution in [0.4, 0.5) is 5.82 Å². The Kier molecular flexibility index (Phi) is 4.75. The number of anilines is 1. The number of likely N-dealkylation sites (tertiary alicyclic amines) is 1. The van der Waals surface area contributed by atoms with Crippen molar-refractivity contribution in [2.45, 2.75) is 19.8 Å². The number of hydrogen-bond donors (Lipinski definition) is 1. The van der Waals surface area contributed by atoms with Crippen molar-refractivity contribution in [2.75, 3.05) is 18.8 Å². The Balaban J connectivity index is 0.00000144. The van der Waals surface area contributed by atoms with Crippen LogP contribution in [0.1, 0.15) is 30.3 Å². The molecule has 0 unspecified atom stereocenters. The molecule has 1 saturated heterocycles. The Hall–Kier alpha value is -1.29. The van der Waals surface area contributed by atoms with Gasteiger partial charge in [-0.15, -0.1) is 12.4 Å². The summed E-state index contributed by atoms with van der Waals surface area (Å²) >= 11 is 0. The molecule has 4 nitrogen and oxygen atoms in total. The minimum Gasteiger partial charge on any atom is -0.384 e. The number of halogens is 1. The van der Waals surface area contributed by atoms with Gasteiger partial charge in [0.15, 0.2) is 0 Å². The minimum atomic E-state index is -0.000741. The summed E-state index contributed by atoms with van der Waals surface area (Å²) in [5.74, 6) is 1.12. The van der Waals surface area contributed by atoms with E-state index in [-0.39, 0.29) is 18.3 Å². The standard InChI is InChI=1S/C12H17N3O.ClH/c1-9-5-7-15(8-6-9)12(16)10-3-2-4-11(13)14-10;/h2-4,9H,5-8H2,1H3,(H2,13,14);1H. The quantitative estimate of drug-likeness (QED) is 0.835. The van der Waals surface area contributed by atoms with Crippen LogP contribution in [0.25, 0.3) is 0 Å². The van der Waals surface area contributed by atoms with Crippen molar-refractivity contribution in [2.24, 2.45) is 5.92 Å². The molecule has 2 heterocycles. The lowest BCUT2D eigenvalue weighted by Gasteiger charge is -2.30. The topological polar surface area (TPSA) is 59.2 Å². The van der Waals surface area contributed by atoms with Crippen LogP contribution in [-0.4, -0.2) is 28.9 Å². The van der Waals surface area contributed by atoms with Crippen molar-refractivity contribution >= 4 is 24.1 Å². The molecule has 0 saturated carbocycles. The maximum Gasteiger partial charge on any atom is 0.272 e. The third-order valence-electron chi connectivity index (χ3n) is 3.06. The first-order valence-electron chi connectivity index (χ1n) is 5.68. The molecule has 0 aliphatic carbocycles. The summed E-state index contributed by atoms with van der Waals surface area (Å²) in [6.07, 6.45) is 2.15. The Morgan fingerprint density at radius 1 is 1.41 bits per heavy atom. The number of aromatic nitrogens is 1. The van der Waals surface area contributed by atoms with Gasteiger partial charge < -0.3 is 10.6 Å². The number of amides is 1. The predicted octanol–water partition coefficient (Wildman–Crippen LogP) is 1.96. The number of nitrogen functional groups attached to an aromatic ring is 1. The van der Waals surface area contributed by atoms with Crippen LogP contribution in [0.3, 0.4) is 0 Å². The van der Waals surface area contributed by atoms with E-state index in [4.69, 9.17) is 5.73 Å². The first-order valence-corrected chi connectivity index (χ1v) is 5.68. The molecular formula is C12H18ClN3O. The van der Waals surface area contributed by atoms with Gasteiger partial charge >= 0.3 is 0 Å². The van der Waals surface area contributed by atoms with Crippen molar-refractivity contribution in [3.05, 3.63) is 23.9 Å². The highest BCUT2D eigenvalue weighted by Gasteiger charge is 2.22. The summed E-state index contributed by atoms with van der Waals surface area (Å²) in [7, 11) is 0. The second-order valence-electron chi connectivity index (χ2n) is 4.42. The Bertz CT molecular complexity index is 389. The molecule has 2 rings (SSSR count). The lowest BCUT2D eigenvalue weighted by molar-refractivity contribution is 0.0691. The van der Waals surface area contributed by atoms with E-state index in [2.05, 4.69) is 11.9 Å².